The van der Waals surface area contributed by atoms with Crippen molar-refractivity contribution in [2.45, 2.75) is 0 Å². The summed E-state index contributed by atoms with van der Waals surface area (Å²) in [6, 6.07) is 77.0. The fourth-order valence-corrected chi connectivity index (χ4v) is 8.66. The van der Waals surface area contributed by atoms with Gasteiger partial charge in [0.1, 0.15) is 0 Å². The van der Waals surface area contributed by atoms with Gasteiger partial charge in [0.05, 0.1) is 22.4 Å². The van der Waals surface area contributed by atoms with Crippen LogP contribution in [0.1, 0.15) is 0 Å². The molecule has 0 aliphatic heterocycles. The highest BCUT2D eigenvalue weighted by Crippen LogP contribution is 2.48. The van der Waals surface area contributed by atoms with Crippen LogP contribution in [0.3, 0.4) is 0 Å². The predicted molar refractivity (Wildman–Crippen MR) is 234 cm³/mol. The molecule has 10 aromatic carbocycles. The highest BCUT2D eigenvalue weighted by atomic mass is 15.2. The lowest BCUT2D eigenvalue weighted by atomic mass is 9.99. The summed E-state index contributed by atoms with van der Waals surface area (Å²) in [5, 5.41) is 9.82. The Balaban J connectivity index is 1.22. The summed E-state index contributed by atoms with van der Waals surface area (Å²) >= 11 is 0. The molecule has 1 heterocycles. The van der Waals surface area contributed by atoms with Crippen molar-refractivity contribution in [3.8, 4) is 5.69 Å². The molecule has 3 heteroatoms. The molecule has 55 heavy (non-hydrogen) atoms. The van der Waals surface area contributed by atoms with Gasteiger partial charge in [-0.2, -0.15) is 0 Å². The van der Waals surface area contributed by atoms with Gasteiger partial charge in [0.25, 0.3) is 0 Å². The van der Waals surface area contributed by atoms with Gasteiger partial charge in [0.2, 0.25) is 0 Å². The van der Waals surface area contributed by atoms with Crippen molar-refractivity contribution in [1.29, 1.82) is 0 Å². The summed E-state index contributed by atoms with van der Waals surface area (Å²) in [7, 11) is 0. The molecular weight excluding hydrogens is 667 g/mol. The van der Waals surface area contributed by atoms with Gasteiger partial charge in [-0.15, -0.1) is 0 Å². The number of aromatic nitrogens is 1. The van der Waals surface area contributed by atoms with Crippen LogP contribution in [0.4, 0.5) is 34.1 Å². The second-order valence-electron chi connectivity index (χ2n) is 14.2. The smallest absolute Gasteiger partial charge is 0.0568 e. The fourth-order valence-electron chi connectivity index (χ4n) is 8.66. The molecule has 0 saturated carbocycles. The van der Waals surface area contributed by atoms with Crippen LogP contribution >= 0.6 is 0 Å². The number of hydrogen-bond acceptors (Lipinski definition) is 2. The van der Waals surface area contributed by atoms with E-state index in [0.717, 1.165) is 39.8 Å². The summed E-state index contributed by atoms with van der Waals surface area (Å²) in [6.45, 7) is 0. The average Bonchev–Trinajstić information content (AvgIpc) is 3.59. The van der Waals surface area contributed by atoms with E-state index < -0.39 is 0 Å². The van der Waals surface area contributed by atoms with Crippen LogP contribution in [0, 0.1) is 0 Å². The maximum Gasteiger partial charge on any atom is 0.0568 e. The lowest BCUT2D eigenvalue weighted by molar-refractivity contribution is 1.18. The number of anilines is 6. The molecule has 0 N–H and O–H groups in total. The standard InChI is InChI=1S/C52H35N3/c1-4-20-40(21-5-1)53(47-28-14-18-36-16-10-12-26-45(36)47)43-32-38-30-31-39-33-44(35-50-52(39)51(38)49(34-43)55(50)42-24-8-3-9-25-42)54(41-22-6-2-7-23-41)48-29-15-19-37-17-11-13-27-46(37)48/h1-35H. The van der Waals surface area contributed by atoms with Gasteiger partial charge in [0.15, 0.2) is 0 Å². The lowest BCUT2D eigenvalue weighted by Crippen LogP contribution is -2.10. The maximum absolute atomic E-state index is 2.47. The summed E-state index contributed by atoms with van der Waals surface area (Å²) in [5.74, 6) is 0. The molecule has 0 atom stereocenters. The highest BCUT2D eigenvalue weighted by Gasteiger charge is 2.24. The van der Waals surface area contributed by atoms with E-state index in [0.29, 0.717) is 0 Å². The van der Waals surface area contributed by atoms with Crippen LogP contribution in [0.5, 0.6) is 0 Å². The summed E-state index contributed by atoms with van der Waals surface area (Å²) in [5.41, 5.74) is 10.2. The summed E-state index contributed by atoms with van der Waals surface area (Å²) < 4.78 is 2.47. The lowest BCUT2D eigenvalue weighted by Gasteiger charge is -2.27. The first kappa shape index (κ1) is 31.2. The predicted octanol–water partition coefficient (Wildman–Crippen LogP) is 14.6. The van der Waals surface area contributed by atoms with Gasteiger partial charge in [-0.05, 0) is 94.3 Å². The number of hydrogen-bond donors (Lipinski definition) is 0. The molecule has 0 unspecified atom stereocenters. The topological polar surface area (TPSA) is 11.4 Å². The molecule has 0 aliphatic carbocycles. The van der Waals surface area contributed by atoms with Gasteiger partial charge in [-0.25, -0.2) is 0 Å². The molecule has 258 valence electrons. The maximum atomic E-state index is 2.47. The summed E-state index contributed by atoms with van der Waals surface area (Å²) in [6.07, 6.45) is 0. The van der Waals surface area contributed by atoms with Gasteiger partial charge in [-0.3, -0.25) is 0 Å². The zero-order valence-corrected chi connectivity index (χ0v) is 30.0. The van der Waals surface area contributed by atoms with Gasteiger partial charge in [-0.1, -0.05) is 140 Å². The van der Waals surface area contributed by atoms with Crippen molar-refractivity contribution >= 4 is 88.2 Å². The minimum absolute atomic E-state index is 1.11. The van der Waals surface area contributed by atoms with Gasteiger partial charge < -0.3 is 14.4 Å². The molecule has 0 fully saturated rings. The van der Waals surface area contributed by atoms with Crippen LogP contribution in [-0.4, -0.2) is 4.57 Å². The van der Waals surface area contributed by atoms with Crippen LogP contribution in [0.25, 0.3) is 59.8 Å². The SMILES string of the molecule is c1ccc(N(c2cc3ccc4cc(N(c5ccccc5)c5cccc6ccccc56)cc5c4c3c(c2)n5-c2ccccc2)c2cccc3ccccc23)cc1. The average molecular weight is 702 g/mol. The summed E-state index contributed by atoms with van der Waals surface area (Å²) in [4.78, 5) is 4.83. The zero-order valence-electron chi connectivity index (χ0n) is 30.0. The van der Waals surface area contributed by atoms with Crippen molar-refractivity contribution in [3.05, 3.63) is 212 Å². The van der Waals surface area contributed by atoms with E-state index in [2.05, 4.69) is 227 Å². The van der Waals surface area contributed by atoms with E-state index in [1.807, 2.05) is 0 Å². The number of nitrogens with zero attached hydrogens (tertiary/aromatic N) is 3. The molecule has 0 spiro atoms. The molecule has 11 rings (SSSR count). The van der Waals surface area contributed by atoms with E-state index in [1.165, 1.54) is 54.1 Å². The van der Waals surface area contributed by atoms with E-state index in [9.17, 15) is 0 Å². The second-order valence-corrected chi connectivity index (χ2v) is 14.2. The van der Waals surface area contributed by atoms with Gasteiger partial charge in [0, 0.05) is 50.0 Å². The Bertz CT molecular complexity index is 2940. The van der Waals surface area contributed by atoms with Crippen LogP contribution in [0.2, 0.25) is 0 Å². The normalized spacial score (nSPS) is 11.6. The van der Waals surface area contributed by atoms with E-state index in [-0.39, 0.29) is 0 Å². The van der Waals surface area contributed by atoms with E-state index in [4.69, 9.17) is 0 Å². The minimum atomic E-state index is 1.11. The molecule has 11 aromatic rings. The molecule has 0 amide bonds. The second kappa shape index (κ2) is 12.6. The Morgan fingerprint density at radius 3 is 1.16 bits per heavy atom. The molecule has 0 aliphatic rings. The monoisotopic (exact) mass is 701 g/mol. The van der Waals surface area contributed by atoms with Crippen LogP contribution in [-0.2, 0) is 0 Å². The molecule has 3 nitrogen and oxygen atoms in total. The first-order valence-electron chi connectivity index (χ1n) is 18.9. The third-order valence-corrected chi connectivity index (χ3v) is 11.0. The van der Waals surface area contributed by atoms with Crippen LogP contribution in [0.15, 0.2) is 212 Å². The first-order valence-corrected chi connectivity index (χ1v) is 18.9. The van der Waals surface area contributed by atoms with Crippen molar-refractivity contribution in [2.24, 2.45) is 0 Å². The third kappa shape index (κ3) is 5.05. The molecular formula is C52H35N3. The first-order chi connectivity index (χ1) is 27.3. The Morgan fingerprint density at radius 2 is 0.691 bits per heavy atom. The molecule has 0 bridgehead atoms. The zero-order chi connectivity index (χ0) is 36.3. The Labute approximate surface area is 319 Å². The molecule has 1 aromatic heterocycles. The number of benzene rings is 10. The van der Waals surface area contributed by atoms with Crippen molar-refractivity contribution < 1.29 is 0 Å². The van der Waals surface area contributed by atoms with Crippen molar-refractivity contribution in [3.63, 3.8) is 0 Å². The highest BCUT2D eigenvalue weighted by molar-refractivity contribution is 6.26. The van der Waals surface area contributed by atoms with Gasteiger partial charge >= 0.3 is 0 Å². The minimum Gasteiger partial charge on any atom is -0.310 e. The Morgan fingerprint density at radius 1 is 0.291 bits per heavy atom. The number of fused-ring (bicyclic) bond motifs is 2. The quantitative estimate of drug-likeness (QED) is 0.153. The van der Waals surface area contributed by atoms with Crippen molar-refractivity contribution in [1.82, 2.24) is 4.57 Å². The fraction of sp³-hybridized carbons (Fsp3) is 0. The largest absolute Gasteiger partial charge is 0.310 e. The Hall–Kier alpha value is -7.36. The molecule has 0 radical (unpaired) electrons. The molecule has 0 saturated heterocycles. The van der Waals surface area contributed by atoms with E-state index >= 15 is 0 Å². The van der Waals surface area contributed by atoms with Crippen molar-refractivity contribution in [2.75, 3.05) is 9.80 Å². The van der Waals surface area contributed by atoms with Crippen LogP contribution < -0.4 is 9.80 Å². The number of para-hydroxylation sites is 3. The number of rotatable bonds is 7. The van der Waals surface area contributed by atoms with E-state index in [1.54, 1.807) is 0 Å². The third-order valence-electron chi connectivity index (χ3n) is 11.0. The Kier molecular flexibility index (Phi) is 7.17.